The van der Waals surface area contributed by atoms with Crippen LogP contribution in [0.1, 0.15) is 47.3 Å². The van der Waals surface area contributed by atoms with Gasteiger partial charge < -0.3 is 30.7 Å². The zero-order chi connectivity index (χ0) is 40.7. The van der Waals surface area contributed by atoms with Crippen LogP contribution in [-0.4, -0.2) is 91.2 Å². The van der Waals surface area contributed by atoms with Gasteiger partial charge in [-0.2, -0.15) is 13.2 Å². The van der Waals surface area contributed by atoms with E-state index in [0.717, 1.165) is 4.90 Å². The zero-order valence-electron chi connectivity index (χ0n) is 29.9. The Morgan fingerprint density at radius 2 is 1.56 bits per heavy atom. The van der Waals surface area contributed by atoms with E-state index < -0.39 is 93.6 Å². The number of amides is 4. The van der Waals surface area contributed by atoms with Crippen molar-refractivity contribution in [3.8, 4) is 5.75 Å². The van der Waals surface area contributed by atoms with Crippen molar-refractivity contribution < 1.29 is 55.4 Å². The molecule has 0 aromatic heterocycles. The molecule has 296 valence electrons. The normalized spacial score (nSPS) is 16.9. The molecule has 0 saturated carbocycles. The number of halogens is 4. The Hall–Kier alpha value is -5.16. The summed E-state index contributed by atoms with van der Waals surface area (Å²) >= 11 is 6.08. The van der Waals surface area contributed by atoms with Gasteiger partial charge in [-0.25, -0.2) is 13.2 Å². The first-order valence-corrected chi connectivity index (χ1v) is 19.1. The fourth-order valence-electron chi connectivity index (χ4n) is 6.06. The van der Waals surface area contributed by atoms with Gasteiger partial charge in [0.1, 0.15) is 17.8 Å². The van der Waals surface area contributed by atoms with Gasteiger partial charge in [0, 0.05) is 30.1 Å². The molecule has 3 aromatic carbocycles. The number of benzene rings is 3. The lowest BCUT2D eigenvalue weighted by molar-refractivity contribution is -0.175. The third-order valence-corrected chi connectivity index (χ3v) is 11.3. The van der Waals surface area contributed by atoms with Crippen molar-refractivity contribution in [2.45, 2.75) is 68.5 Å². The molecular weight excluding hydrogens is 769 g/mol. The molecule has 4 rings (SSSR count). The van der Waals surface area contributed by atoms with Gasteiger partial charge in [0.05, 0.1) is 24.2 Å². The highest BCUT2D eigenvalue weighted by atomic mass is 35.5. The molecule has 4 N–H and O–H groups in total. The van der Waals surface area contributed by atoms with Gasteiger partial charge in [-0.3, -0.25) is 19.2 Å². The summed E-state index contributed by atoms with van der Waals surface area (Å²) < 4.78 is 73.4. The van der Waals surface area contributed by atoms with Crippen molar-refractivity contribution in [1.82, 2.24) is 20.9 Å². The minimum Gasteiger partial charge on any atom is -0.497 e. The van der Waals surface area contributed by atoms with Crippen LogP contribution in [0.5, 0.6) is 5.75 Å². The SMILES string of the molecule is COc1ccc(CS(=O)(=O)[C@@H]2C[C@@H](C(=O)N[C@H](C(=O)C(F)(F)F)C(C)C)N(C(=O)[C@H](Cc3ccc(CNC(=O)O)cc3)NC(=O)c3cccc(Cl)c3)C2)cc1. The number of nitrogens with zero attached hydrogens (tertiary/aromatic N) is 1. The lowest BCUT2D eigenvalue weighted by atomic mass is 9.98. The lowest BCUT2D eigenvalue weighted by Gasteiger charge is -2.30. The van der Waals surface area contributed by atoms with Gasteiger partial charge >= 0.3 is 12.3 Å². The number of Topliss-reactive ketones (excluding diaryl/α,β-unsaturated/α-hetero) is 1. The number of sulfone groups is 1. The van der Waals surface area contributed by atoms with E-state index in [1.165, 1.54) is 57.4 Å². The standard InChI is InChI=1S/C37H40ClF3N4O9S/c1-21(2)31(32(46)37(39,40)41)44-34(48)30-17-28(55(52,53)20-24-11-13-27(54-3)14-12-24)19-45(30)35(49)29(43-33(47)25-5-4-6-26(38)16-25)15-22-7-9-23(10-8-22)18-42-36(50)51/h4-14,16,21,28-31,42H,15,17-20H2,1-3H3,(H,43,47)(H,44,48)(H,50,51)/t28-,29+,30+,31+/m1/s1. The Balaban J connectivity index is 1.71. The van der Waals surface area contributed by atoms with E-state index in [2.05, 4.69) is 16.0 Å². The molecule has 1 aliphatic rings. The van der Waals surface area contributed by atoms with E-state index in [0.29, 0.717) is 22.4 Å². The molecule has 1 saturated heterocycles. The Morgan fingerprint density at radius 1 is 0.945 bits per heavy atom. The van der Waals surface area contributed by atoms with Gasteiger partial charge in [-0.15, -0.1) is 0 Å². The molecule has 4 amide bonds. The number of carboxylic acid groups (broad SMARTS) is 1. The maximum absolute atomic E-state index is 14.5. The summed E-state index contributed by atoms with van der Waals surface area (Å²) in [6.45, 7) is 2.00. The average molecular weight is 809 g/mol. The molecule has 1 fully saturated rings. The minimum atomic E-state index is -5.30. The predicted molar refractivity (Wildman–Crippen MR) is 195 cm³/mol. The van der Waals surface area contributed by atoms with E-state index in [1.807, 2.05) is 0 Å². The Bertz CT molecular complexity index is 2000. The van der Waals surface area contributed by atoms with Crippen LogP contribution in [0.2, 0.25) is 5.02 Å². The summed E-state index contributed by atoms with van der Waals surface area (Å²) in [4.78, 5) is 66.0. The van der Waals surface area contributed by atoms with Crippen LogP contribution in [0.4, 0.5) is 18.0 Å². The number of carbonyl (C=O) groups excluding carboxylic acids is 4. The molecule has 1 aliphatic heterocycles. The second-order valence-corrected chi connectivity index (χ2v) is 16.0. The number of alkyl halides is 3. The molecular formula is C37H40ClF3N4O9S. The van der Waals surface area contributed by atoms with Crippen LogP contribution in [0.15, 0.2) is 72.8 Å². The van der Waals surface area contributed by atoms with Crippen LogP contribution in [0, 0.1) is 5.92 Å². The van der Waals surface area contributed by atoms with Crippen LogP contribution >= 0.6 is 11.6 Å². The van der Waals surface area contributed by atoms with E-state index in [1.54, 1.807) is 36.4 Å². The number of hydrogen-bond acceptors (Lipinski definition) is 8. The highest BCUT2D eigenvalue weighted by Gasteiger charge is 2.49. The van der Waals surface area contributed by atoms with E-state index in [-0.39, 0.29) is 23.6 Å². The zero-order valence-corrected chi connectivity index (χ0v) is 31.5. The number of ether oxygens (including phenoxy) is 1. The molecule has 0 bridgehead atoms. The van der Waals surface area contributed by atoms with E-state index >= 15 is 0 Å². The fraction of sp³-hybridized carbons (Fsp3) is 0.378. The van der Waals surface area contributed by atoms with Gasteiger partial charge in [-0.05, 0) is 59.4 Å². The highest BCUT2D eigenvalue weighted by Crippen LogP contribution is 2.29. The summed E-state index contributed by atoms with van der Waals surface area (Å²) in [5.41, 5.74) is 1.49. The average Bonchev–Trinajstić information content (AvgIpc) is 3.59. The van der Waals surface area contributed by atoms with Crippen LogP contribution < -0.4 is 20.7 Å². The number of rotatable bonds is 15. The lowest BCUT2D eigenvalue weighted by Crippen LogP contribution is -2.57. The predicted octanol–water partition coefficient (Wildman–Crippen LogP) is 4.31. The van der Waals surface area contributed by atoms with Gasteiger partial charge in [-0.1, -0.05) is 67.9 Å². The Labute approximate surface area is 320 Å². The summed E-state index contributed by atoms with van der Waals surface area (Å²) in [6.07, 6.45) is -7.25. The summed E-state index contributed by atoms with van der Waals surface area (Å²) in [5.74, 6) is -6.12. The van der Waals surface area contributed by atoms with Crippen molar-refractivity contribution in [2.75, 3.05) is 13.7 Å². The van der Waals surface area contributed by atoms with Crippen molar-refractivity contribution in [2.24, 2.45) is 5.92 Å². The first kappa shape index (κ1) is 42.6. The van der Waals surface area contributed by atoms with Gasteiger partial charge in [0.25, 0.3) is 11.7 Å². The first-order chi connectivity index (χ1) is 25.8. The number of ketones is 1. The monoisotopic (exact) mass is 808 g/mol. The fourth-order valence-corrected chi connectivity index (χ4v) is 8.01. The maximum Gasteiger partial charge on any atom is 0.452 e. The highest BCUT2D eigenvalue weighted by molar-refractivity contribution is 7.91. The van der Waals surface area contributed by atoms with Crippen molar-refractivity contribution in [3.63, 3.8) is 0 Å². The minimum absolute atomic E-state index is 0.0192. The Morgan fingerprint density at radius 3 is 2.13 bits per heavy atom. The quantitative estimate of drug-likeness (QED) is 0.174. The molecule has 18 heteroatoms. The smallest absolute Gasteiger partial charge is 0.452 e. The van der Waals surface area contributed by atoms with Crippen molar-refractivity contribution >= 4 is 51.0 Å². The second-order valence-electron chi connectivity index (χ2n) is 13.3. The third-order valence-electron chi connectivity index (χ3n) is 9.01. The van der Waals surface area contributed by atoms with E-state index in [4.69, 9.17) is 21.4 Å². The van der Waals surface area contributed by atoms with Crippen LogP contribution in [0.3, 0.4) is 0 Å². The second kappa shape index (κ2) is 18.0. The van der Waals surface area contributed by atoms with Gasteiger partial charge in [0.2, 0.25) is 11.8 Å². The molecule has 0 aliphatic carbocycles. The number of methoxy groups -OCH3 is 1. The maximum atomic E-state index is 14.5. The molecule has 0 radical (unpaired) electrons. The molecule has 0 unspecified atom stereocenters. The first-order valence-electron chi connectivity index (χ1n) is 17.0. The van der Waals surface area contributed by atoms with Crippen LogP contribution in [0.25, 0.3) is 0 Å². The number of hydrogen-bond donors (Lipinski definition) is 4. The summed E-state index contributed by atoms with van der Waals surface area (Å²) in [5, 5.41) is 14.7. The number of likely N-dealkylation sites (tertiary alicyclic amines) is 1. The Kier molecular flexibility index (Phi) is 13.9. The van der Waals surface area contributed by atoms with E-state index in [9.17, 15) is 45.6 Å². The molecule has 0 spiro atoms. The van der Waals surface area contributed by atoms with Crippen molar-refractivity contribution in [3.05, 3.63) is 100 Å². The van der Waals surface area contributed by atoms with Gasteiger partial charge in [0.15, 0.2) is 9.84 Å². The van der Waals surface area contributed by atoms with Crippen LogP contribution in [-0.2, 0) is 42.9 Å². The molecule has 4 atom stereocenters. The largest absolute Gasteiger partial charge is 0.497 e. The number of carbonyl (C=O) groups is 5. The molecule has 55 heavy (non-hydrogen) atoms. The summed E-state index contributed by atoms with van der Waals surface area (Å²) in [6, 6.07) is 13.2. The number of nitrogens with one attached hydrogen (secondary N) is 3. The molecule has 3 aromatic rings. The topological polar surface area (TPSA) is 188 Å². The summed E-state index contributed by atoms with van der Waals surface area (Å²) in [7, 11) is -2.70. The molecule has 13 nitrogen and oxygen atoms in total. The molecule has 1 heterocycles. The third kappa shape index (κ3) is 11.4. The van der Waals surface area contributed by atoms with Crippen molar-refractivity contribution in [1.29, 1.82) is 0 Å².